The molecule has 1 aromatic heterocycles. The summed E-state index contributed by atoms with van der Waals surface area (Å²) in [6, 6.07) is 0. The predicted octanol–water partition coefficient (Wildman–Crippen LogP) is 1.52. The highest BCUT2D eigenvalue weighted by atomic mass is 35.5. The van der Waals surface area contributed by atoms with Gasteiger partial charge in [0.1, 0.15) is 11.0 Å². The number of anilines is 1. The molecule has 0 unspecified atom stereocenters. The summed E-state index contributed by atoms with van der Waals surface area (Å²) in [6.07, 6.45) is 0.228. The highest BCUT2D eigenvalue weighted by molar-refractivity contribution is 6.33. The lowest BCUT2D eigenvalue weighted by atomic mass is 10.3. The molecule has 0 saturated heterocycles. The first kappa shape index (κ1) is 7.76. The standard InChI is InChI=1S/C6H3Cl2N3O.H2/c7-4-2-1-3(12)9-5(2)11-6(8)10-4;/h1H2,(H,9,10,11,12);1H. The van der Waals surface area contributed by atoms with Gasteiger partial charge in [-0.25, -0.2) is 4.98 Å². The minimum absolute atomic E-state index is 0. The average Bonchev–Trinajstić information content (AvgIpc) is 2.29. The first-order chi connectivity index (χ1) is 5.66. The molecule has 0 aromatic carbocycles. The summed E-state index contributed by atoms with van der Waals surface area (Å²) in [7, 11) is 0. The number of halogens is 2. The quantitative estimate of drug-likeness (QED) is 0.517. The number of carbonyl (C=O) groups is 1. The van der Waals surface area contributed by atoms with Gasteiger partial charge >= 0.3 is 0 Å². The second-order valence-electron chi connectivity index (χ2n) is 2.34. The van der Waals surface area contributed by atoms with Gasteiger partial charge in [0, 0.05) is 6.99 Å². The zero-order valence-corrected chi connectivity index (χ0v) is 7.28. The van der Waals surface area contributed by atoms with Crippen molar-refractivity contribution in [3.05, 3.63) is 16.0 Å². The third-order valence-corrected chi connectivity index (χ3v) is 2.01. The molecule has 4 nitrogen and oxygen atoms in total. The van der Waals surface area contributed by atoms with E-state index in [9.17, 15) is 4.79 Å². The largest absolute Gasteiger partial charge is 0.310 e. The van der Waals surface area contributed by atoms with Crippen molar-refractivity contribution >= 4 is 34.9 Å². The summed E-state index contributed by atoms with van der Waals surface area (Å²) in [5, 5.41) is 2.80. The van der Waals surface area contributed by atoms with Gasteiger partial charge < -0.3 is 5.32 Å². The monoisotopic (exact) mass is 205 g/mol. The molecule has 64 valence electrons. The molecule has 0 spiro atoms. The summed E-state index contributed by atoms with van der Waals surface area (Å²) in [4.78, 5) is 18.4. The third-order valence-electron chi connectivity index (χ3n) is 1.52. The van der Waals surface area contributed by atoms with E-state index in [-0.39, 0.29) is 24.2 Å². The van der Waals surface area contributed by atoms with Crippen LogP contribution in [0.15, 0.2) is 0 Å². The Kier molecular flexibility index (Phi) is 1.66. The molecule has 0 atom stereocenters. The summed E-state index contributed by atoms with van der Waals surface area (Å²) in [6.45, 7) is 0. The van der Waals surface area contributed by atoms with Gasteiger partial charge in [0.05, 0.1) is 6.42 Å². The smallest absolute Gasteiger partial charge is 0.230 e. The van der Waals surface area contributed by atoms with Crippen LogP contribution >= 0.6 is 23.2 Å². The fraction of sp³-hybridized carbons (Fsp3) is 0.167. The van der Waals surface area contributed by atoms with Crippen LogP contribution in [0.3, 0.4) is 0 Å². The number of carbonyl (C=O) groups excluding carboxylic acids is 1. The Labute approximate surface area is 79.4 Å². The van der Waals surface area contributed by atoms with Crippen molar-refractivity contribution in [2.75, 3.05) is 5.32 Å². The summed E-state index contributed by atoms with van der Waals surface area (Å²) < 4.78 is 0. The summed E-state index contributed by atoms with van der Waals surface area (Å²) in [5.74, 6) is 0.286. The predicted molar refractivity (Wildman–Crippen MR) is 46.5 cm³/mol. The molecule has 0 bridgehead atoms. The van der Waals surface area contributed by atoms with Crippen LogP contribution in [0, 0.1) is 0 Å². The minimum atomic E-state index is -0.136. The number of nitrogens with zero attached hydrogens (tertiary/aromatic N) is 2. The van der Waals surface area contributed by atoms with Crippen molar-refractivity contribution in [3.8, 4) is 0 Å². The van der Waals surface area contributed by atoms with Crippen LogP contribution in [-0.4, -0.2) is 15.9 Å². The molecule has 1 amide bonds. The molecule has 2 heterocycles. The van der Waals surface area contributed by atoms with Gasteiger partial charge in [-0.05, 0) is 11.6 Å². The third kappa shape index (κ3) is 1.13. The molecule has 1 aromatic rings. The lowest BCUT2D eigenvalue weighted by Crippen LogP contribution is -2.04. The Morgan fingerprint density at radius 1 is 1.42 bits per heavy atom. The number of amides is 1. The van der Waals surface area contributed by atoms with E-state index in [1.54, 1.807) is 0 Å². The highest BCUT2D eigenvalue weighted by Crippen LogP contribution is 2.27. The van der Waals surface area contributed by atoms with E-state index in [0.717, 1.165) is 0 Å². The molecule has 2 rings (SSSR count). The van der Waals surface area contributed by atoms with Crippen LogP contribution < -0.4 is 5.32 Å². The molecule has 1 aliphatic rings. The maximum atomic E-state index is 10.9. The van der Waals surface area contributed by atoms with E-state index < -0.39 is 0 Å². The van der Waals surface area contributed by atoms with Crippen LogP contribution in [0.2, 0.25) is 10.4 Å². The molecular formula is C6H5Cl2N3O. The summed E-state index contributed by atoms with van der Waals surface area (Å²) in [5.41, 5.74) is 0.617. The number of aromatic nitrogens is 2. The Morgan fingerprint density at radius 3 is 2.92 bits per heavy atom. The Balaban J connectivity index is 0.000000845. The molecule has 0 fully saturated rings. The average molecular weight is 206 g/mol. The molecule has 6 heteroatoms. The topological polar surface area (TPSA) is 54.9 Å². The van der Waals surface area contributed by atoms with Gasteiger partial charge in [-0.15, -0.1) is 0 Å². The van der Waals surface area contributed by atoms with E-state index in [0.29, 0.717) is 11.4 Å². The van der Waals surface area contributed by atoms with Gasteiger partial charge in [-0.2, -0.15) is 4.98 Å². The van der Waals surface area contributed by atoms with Crippen molar-refractivity contribution in [2.45, 2.75) is 6.42 Å². The van der Waals surface area contributed by atoms with E-state index in [1.807, 2.05) is 0 Å². The fourth-order valence-corrected chi connectivity index (χ4v) is 1.48. The minimum Gasteiger partial charge on any atom is -0.310 e. The van der Waals surface area contributed by atoms with Crippen molar-refractivity contribution in [1.29, 1.82) is 0 Å². The summed E-state index contributed by atoms with van der Waals surface area (Å²) >= 11 is 11.2. The van der Waals surface area contributed by atoms with Gasteiger partial charge in [0.25, 0.3) is 0 Å². The first-order valence-corrected chi connectivity index (χ1v) is 3.94. The van der Waals surface area contributed by atoms with E-state index in [2.05, 4.69) is 15.3 Å². The Hall–Kier alpha value is -0.870. The van der Waals surface area contributed by atoms with Gasteiger partial charge in [0.2, 0.25) is 11.2 Å². The number of rotatable bonds is 0. The molecule has 0 aliphatic carbocycles. The van der Waals surface area contributed by atoms with Crippen LogP contribution in [0.5, 0.6) is 0 Å². The van der Waals surface area contributed by atoms with E-state index in [4.69, 9.17) is 23.2 Å². The molecule has 1 aliphatic heterocycles. The maximum absolute atomic E-state index is 10.9. The second-order valence-corrected chi connectivity index (χ2v) is 3.03. The zero-order chi connectivity index (χ0) is 8.72. The Bertz CT molecular complexity index is 371. The van der Waals surface area contributed by atoms with Crippen molar-refractivity contribution in [3.63, 3.8) is 0 Å². The maximum Gasteiger partial charge on any atom is 0.230 e. The molecule has 1 N–H and O–H groups in total. The molecule has 0 saturated carbocycles. The van der Waals surface area contributed by atoms with Gasteiger partial charge in [0.15, 0.2) is 0 Å². The molecule has 0 radical (unpaired) electrons. The van der Waals surface area contributed by atoms with Crippen LogP contribution in [0.1, 0.15) is 6.99 Å². The molecular weight excluding hydrogens is 201 g/mol. The van der Waals surface area contributed by atoms with E-state index in [1.165, 1.54) is 0 Å². The SMILES string of the molecule is O=C1Cc2c(Cl)nc(Cl)nc2N1.[HH]. The van der Waals surface area contributed by atoms with Crippen LogP contribution in [0.4, 0.5) is 5.82 Å². The van der Waals surface area contributed by atoms with E-state index >= 15 is 0 Å². The lowest BCUT2D eigenvalue weighted by Gasteiger charge is -1.98. The highest BCUT2D eigenvalue weighted by Gasteiger charge is 2.23. The van der Waals surface area contributed by atoms with Crippen LogP contribution in [-0.2, 0) is 11.2 Å². The number of hydrogen-bond acceptors (Lipinski definition) is 3. The van der Waals surface area contributed by atoms with Crippen LogP contribution in [0.25, 0.3) is 0 Å². The zero-order valence-electron chi connectivity index (χ0n) is 5.77. The number of nitrogens with one attached hydrogen (secondary N) is 1. The van der Waals surface area contributed by atoms with Crippen molar-refractivity contribution in [1.82, 2.24) is 9.97 Å². The van der Waals surface area contributed by atoms with Gasteiger partial charge in [-0.3, -0.25) is 4.79 Å². The normalized spacial score (nSPS) is 14.3. The van der Waals surface area contributed by atoms with Crippen molar-refractivity contribution < 1.29 is 6.22 Å². The second kappa shape index (κ2) is 2.57. The number of hydrogen-bond donors (Lipinski definition) is 1. The fourth-order valence-electron chi connectivity index (χ4n) is 1.03. The Morgan fingerprint density at radius 2 is 2.17 bits per heavy atom. The lowest BCUT2D eigenvalue weighted by molar-refractivity contribution is -0.115. The number of fused-ring (bicyclic) bond motifs is 1. The van der Waals surface area contributed by atoms with Gasteiger partial charge in [-0.1, -0.05) is 11.6 Å². The van der Waals surface area contributed by atoms with Crippen molar-refractivity contribution in [2.24, 2.45) is 0 Å². The molecule has 12 heavy (non-hydrogen) atoms. The first-order valence-electron chi connectivity index (χ1n) is 3.18.